The Kier molecular flexibility index (Phi) is 6.02. The number of nitrogens with zero attached hydrogens (tertiary/aromatic N) is 2. The van der Waals surface area contributed by atoms with Gasteiger partial charge in [0.15, 0.2) is 5.17 Å². The van der Waals surface area contributed by atoms with Gasteiger partial charge in [-0.2, -0.15) is 5.10 Å². The highest BCUT2D eigenvalue weighted by atomic mass is 32.2. The number of rotatable bonds is 5. The van der Waals surface area contributed by atoms with E-state index in [1.165, 1.54) is 25.7 Å². The van der Waals surface area contributed by atoms with Crippen LogP contribution in [0.2, 0.25) is 0 Å². The Morgan fingerprint density at radius 2 is 2.11 bits per heavy atom. The van der Waals surface area contributed by atoms with Gasteiger partial charge in [0.05, 0.1) is 24.5 Å². The fourth-order valence-corrected chi connectivity index (χ4v) is 2.74. The normalized spacial score (nSPS) is 16.5. The van der Waals surface area contributed by atoms with Crippen LogP contribution in [0.3, 0.4) is 0 Å². The number of hydrogen-bond acceptors (Lipinski definition) is 9. The summed E-state index contributed by atoms with van der Waals surface area (Å²) in [5, 5.41) is 10.5. The van der Waals surface area contributed by atoms with E-state index < -0.39 is 17.8 Å². The number of methoxy groups -OCH3 is 1. The molecule has 28 heavy (non-hydrogen) atoms. The van der Waals surface area contributed by atoms with Crippen molar-refractivity contribution in [3.8, 4) is 5.75 Å². The molecular formula is C18H13N3O6S. The second-order valence-corrected chi connectivity index (χ2v) is 6.21. The van der Waals surface area contributed by atoms with Gasteiger partial charge in [0.1, 0.15) is 5.75 Å². The molecule has 3 rings (SSSR count). The summed E-state index contributed by atoms with van der Waals surface area (Å²) in [5.41, 5.74) is 0.619. The molecule has 1 aliphatic rings. The fourth-order valence-electron chi connectivity index (χ4n) is 2.00. The molecule has 1 fully saturated rings. The Bertz CT molecular complexity index is 995. The van der Waals surface area contributed by atoms with Gasteiger partial charge in [-0.05, 0) is 41.6 Å². The smallest absolute Gasteiger partial charge is 0.379 e. The summed E-state index contributed by atoms with van der Waals surface area (Å²) in [7, 11) is 1.22. The van der Waals surface area contributed by atoms with Crippen LogP contribution in [0.15, 0.2) is 68.3 Å². The maximum Gasteiger partial charge on any atom is 0.379 e. The number of amides is 1. The molecule has 0 aliphatic carbocycles. The maximum atomic E-state index is 11.9. The molecule has 10 heteroatoms. The van der Waals surface area contributed by atoms with Crippen molar-refractivity contribution in [2.45, 2.75) is 0 Å². The minimum atomic E-state index is -0.636. The number of carbonyl (C=O) groups excluding carboxylic acids is 3. The maximum absolute atomic E-state index is 11.9. The Morgan fingerprint density at radius 3 is 2.86 bits per heavy atom. The summed E-state index contributed by atoms with van der Waals surface area (Å²) in [5.74, 6) is -1.31. The fraction of sp³-hybridized carbons (Fsp3) is 0.0556. The second-order valence-electron chi connectivity index (χ2n) is 5.18. The summed E-state index contributed by atoms with van der Waals surface area (Å²) in [4.78, 5) is 35.0. The number of nitrogens with one attached hydrogen (secondary N) is 1. The van der Waals surface area contributed by atoms with Gasteiger partial charge in [0.25, 0.3) is 5.91 Å². The predicted octanol–water partition coefficient (Wildman–Crippen LogP) is 2.11. The largest absolute Gasteiger partial charge is 0.466 e. The lowest BCUT2D eigenvalue weighted by Crippen LogP contribution is -2.19. The van der Waals surface area contributed by atoms with Crippen LogP contribution < -0.4 is 10.1 Å². The summed E-state index contributed by atoms with van der Waals surface area (Å²) in [6.45, 7) is 0. The molecule has 1 aliphatic heterocycles. The molecule has 1 amide bonds. The number of hydrogen-bond donors (Lipinski definition) is 1. The monoisotopic (exact) mass is 399 g/mol. The third kappa shape index (κ3) is 4.95. The van der Waals surface area contributed by atoms with Gasteiger partial charge in [-0.3, -0.25) is 10.1 Å². The Morgan fingerprint density at radius 1 is 1.25 bits per heavy atom. The quantitative estimate of drug-likeness (QED) is 0.269. The van der Waals surface area contributed by atoms with E-state index in [1.54, 1.807) is 30.3 Å². The Labute approximate surface area is 163 Å². The number of ether oxygens (including phenoxy) is 2. The second kappa shape index (κ2) is 8.82. The van der Waals surface area contributed by atoms with E-state index in [1.807, 2.05) is 0 Å². The first-order chi connectivity index (χ1) is 13.5. The first kappa shape index (κ1) is 19.1. The first-order valence-electron chi connectivity index (χ1n) is 7.81. The van der Waals surface area contributed by atoms with Crippen molar-refractivity contribution in [2.75, 3.05) is 7.11 Å². The molecule has 0 atom stereocenters. The molecule has 0 unspecified atom stereocenters. The van der Waals surface area contributed by atoms with E-state index >= 15 is 0 Å². The van der Waals surface area contributed by atoms with Crippen molar-refractivity contribution in [3.05, 3.63) is 65.0 Å². The molecule has 0 radical (unpaired) electrons. The van der Waals surface area contributed by atoms with E-state index in [9.17, 15) is 14.4 Å². The zero-order valence-corrected chi connectivity index (χ0v) is 15.3. The first-order valence-corrected chi connectivity index (χ1v) is 8.62. The number of furan rings is 1. The van der Waals surface area contributed by atoms with Crippen LogP contribution in [-0.4, -0.2) is 36.3 Å². The predicted molar refractivity (Wildman–Crippen MR) is 101 cm³/mol. The van der Waals surface area contributed by atoms with Gasteiger partial charge in [0.2, 0.25) is 5.76 Å². The Balaban J connectivity index is 1.64. The highest BCUT2D eigenvalue weighted by Gasteiger charge is 2.25. The van der Waals surface area contributed by atoms with Crippen LogP contribution in [0, 0.1) is 0 Å². The molecule has 9 nitrogen and oxygen atoms in total. The van der Waals surface area contributed by atoms with E-state index in [2.05, 4.69) is 20.3 Å². The molecule has 142 valence electrons. The van der Waals surface area contributed by atoms with Crippen LogP contribution >= 0.6 is 11.8 Å². The van der Waals surface area contributed by atoms with Crippen LogP contribution in [-0.2, 0) is 14.3 Å². The Hall–Kier alpha value is -3.66. The summed E-state index contributed by atoms with van der Waals surface area (Å²) < 4.78 is 14.7. The van der Waals surface area contributed by atoms with Crippen LogP contribution in [0.25, 0.3) is 0 Å². The van der Waals surface area contributed by atoms with Gasteiger partial charge >= 0.3 is 11.9 Å². The van der Waals surface area contributed by atoms with Crippen molar-refractivity contribution in [3.63, 3.8) is 0 Å². The molecule has 0 bridgehead atoms. The van der Waals surface area contributed by atoms with Crippen molar-refractivity contribution in [2.24, 2.45) is 10.2 Å². The number of carbonyl (C=O) groups is 3. The van der Waals surface area contributed by atoms with Gasteiger partial charge < -0.3 is 13.9 Å². The van der Waals surface area contributed by atoms with Crippen molar-refractivity contribution in [1.82, 2.24) is 5.32 Å². The highest BCUT2D eigenvalue weighted by molar-refractivity contribution is 8.18. The van der Waals surface area contributed by atoms with Crippen molar-refractivity contribution in [1.29, 1.82) is 0 Å². The zero-order chi connectivity index (χ0) is 19.9. The van der Waals surface area contributed by atoms with Crippen molar-refractivity contribution < 1.29 is 28.3 Å². The van der Waals surface area contributed by atoms with E-state index in [0.717, 1.165) is 17.8 Å². The topological polar surface area (TPSA) is 120 Å². The molecule has 1 aromatic heterocycles. The average molecular weight is 399 g/mol. The third-order valence-corrected chi connectivity index (χ3v) is 4.15. The van der Waals surface area contributed by atoms with E-state index in [-0.39, 0.29) is 15.8 Å². The number of thioether (sulfide) groups is 1. The highest BCUT2D eigenvalue weighted by Crippen LogP contribution is 2.23. The zero-order valence-electron chi connectivity index (χ0n) is 14.4. The van der Waals surface area contributed by atoms with Gasteiger partial charge in [-0.25, -0.2) is 9.59 Å². The number of benzene rings is 1. The lowest BCUT2D eigenvalue weighted by atomic mass is 10.2. The molecule has 1 saturated heterocycles. The van der Waals surface area contributed by atoms with Crippen molar-refractivity contribution >= 4 is 41.0 Å². The summed E-state index contributed by atoms with van der Waals surface area (Å²) >= 11 is 0.964. The summed E-state index contributed by atoms with van der Waals surface area (Å²) in [6.07, 6.45) is 3.87. The minimum Gasteiger partial charge on any atom is -0.466 e. The lowest BCUT2D eigenvalue weighted by Gasteiger charge is -2.02. The van der Waals surface area contributed by atoms with Gasteiger partial charge in [-0.1, -0.05) is 12.1 Å². The van der Waals surface area contributed by atoms with Crippen LogP contribution in [0.1, 0.15) is 16.1 Å². The van der Waals surface area contributed by atoms with E-state index in [0.29, 0.717) is 11.3 Å². The minimum absolute atomic E-state index is 0.0929. The average Bonchev–Trinajstić information content (AvgIpc) is 3.33. The van der Waals surface area contributed by atoms with Gasteiger partial charge in [-0.15, -0.1) is 5.10 Å². The van der Waals surface area contributed by atoms with Gasteiger partial charge in [0, 0.05) is 6.08 Å². The van der Waals surface area contributed by atoms with E-state index in [4.69, 9.17) is 9.15 Å². The molecule has 1 aromatic carbocycles. The molecule has 0 saturated carbocycles. The molecular weight excluding hydrogens is 386 g/mol. The number of amidine groups is 1. The summed E-state index contributed by atoms with van der Waals surface area (Å²) in [6, 6.07) is 9.71. The molecule has 1 N–H and O–H groups in total. The number of esters is 2. The third-order valence-electron chi connectivity index (χ3n) is 3.25. The SMILES string of the molecule is COC(=O)/C=C1/S/C(=N\N=Cc2cccc(OC(=O)c3ccco3)c2)NC1=O. The van der Waals surface area contributed by atoms with Crippen LogP contribution in [0.5, 0.6) is 5.75 Å². The molecule has 0 spiro atoms. The van der Waals surface area contributed by atoms with Crippen LogP contribution in [0.4, 0.5) is 0 Å². The molecule has 2 aromatic rings. The standard InChI is InChI=1S/C18H13N3O6S/c1-25-15(22)9-14-16(23)20-18(28-14)21-19-10-11-4-2-5-12(8-11)27-17(24)13-6-3-7-26-13/h2-10H,1H3,(H,20,21,23)/b14-9+,19-10?. The molecule has 2 heterocycles. The lowest BCUT2D eigenvalue weighted by molar-refractivity contribution is -0.135.